The molecule has 5 heteroatoms. The summed E-state index contributed by atoms with van der Waals surface area (Å²) in [6, 6.07) is 16.2. The summed E-state index contributed by atoms with van der Waals surface area (Å²) in [5.41, 5.74) is 2.71. The van der Waals surface area contributed by atoms with E-state index in [1.807, 2.05) is 36.4 Å². The van der Waals surface area contributed by atoms with Gasteiger partial charge in [-0.25, -0.2) is 0 Å². The number of ether oxygens (including phenoxy) is 3. The van der Waals surface area contributed by atoms with Crippen molar-refractivity contribution in [2.75, 3.05) is 21.3 Å². The molecule has 0 atom stereocenters. The molecular formula is C21H20O5. The number of methoxy groups -OCH3 is 3. The fourth-order valence-electron chi connectivity index (χ4n) is 2.94. The van der Waals surface area contributed by atoms with Crippen molar-refractivity contribution in [2.45, 2.75) is 0 Å². The van der Waals surface area contributed by atoms with Crippen molar-refractivity contribution in [1.29, 1.82) is 0 Å². The lowest BCUT2D eigenvalue weighted by Gasteiger charge is -2.18. The van der Waals surface area contributed by atoms with Gasteiger partial charge in [0.05, 0.1) is 26.9 Å². The average Bonchev–Trinajstić information content (AvgIpc) is 2.68. The van der Waals surface area contributed by atoms with Crippen LogP contribution in [-0.4, -0.2) is 31.5 Å². The number of hydrogen-bond donors (Lipinski definition) is 2. The van der Waals surface area contributed by atoms with Crippen LogP contribution in [0.3, 0.4) is 0 Å². The molecule has 0 saturated heterocycles. The second kappa shape index (κ2) is 7.27. The normalized spacial score (nSPS) is 10.4. The van der Waals surface area contributed by atoms with E-state index >= 15 is 0 Å². The number of aromatic hydroxyl groups is 2. The maximum absolute atomic E-state index is 10.9. The molecule has 0 spiro atoms. The second-order valence-corrected chi connectivity index (χ2v) is 5.64. The summed E-state index contributed by atoms with van der Waals surface area (Å²) >= 11 is 0. The highest BCUT2D eigenvalue weighted by atomic mass is 16.5. The molecule has 5 nitrogen and oxygen atoms in total. The minimum Gasteiger partial charge on any atom is -0.504 e. The van der Waals surface area contributed by atoms with Gasteiger partial charge in [-0.1, -0.05) is 36.4 Å². The van der Waals surface area contributed by atoms with Crippen molar-refractivity contribution in [2.24, 2.45) is 0 Å². The van der Waals surface area contributed by atoms with Gasteiger partial charge in [0.25, 0.3) is 0 Å². The molecule has 134 valence electrons. The second-order valence-electron chi connectivity index (χ2n) is 5.64. The molecular weight excluding hydrogens is 332 g/mol. The molecule has 0 fully saturated rings. The van der Waals surface area contributed by atoms with Gasteiger partial charge in [0.1, 0.15) is 5.75 Å². The molecule has 3 aromatic carbocycles. The SMILES string of the molecule is COc1cc(-c2c(OC)cc(-c3ccccc3)c(OC)c2O)ccc1O. The molecule has 0 aliphatic rings. The monoisotopic (exact) mass is 352 g/mol. The number of benzene rings is 3. The van der Waals surface area contributed by atoms with Crippen LogP contribution in [0.1, 0.15) is 0 Å². The summed E-state index contributed by atoms with van der Waals surface area (Å²) in [4.78, 5) is 0. The van der Waals surface area contributed by atoms with Crippen LogP contribution in [0.15, 0.2) is 54.6 Å². The minimum absolute atomic E-state index is 0.0163. The van der Waals surface area contributed by atoms with E-state index in [2.05, 4.69) is 0 Å². The summed E-state index contributed by atoms with van der Waals surface area (Å²) in [6.07, 6.45) is 0. The molecule has 0 aliphatic carbocycles. The van der Waals surface area contributed by atoms with Crippen LogP contribution in [0.4, 0.5) is 0 Å². The Morgan fingerprint density at radius 2 is 1.38 bits per heavy atom. The van der Waals surface area contributed by atoms with E-state index in [1.165, 1.54) is 27.4 Å². The zero-order valence-corrected chi connectivity index (χ0v) is 14.8. The van der Waals surface area contributed by atoms with E-state index in [1.54, 1.807) is 12.1 Å². The molecule has 0 amide bonds. The van der Waals surface area contributed by atoms with Gasteiger partial charge >= 0.3 is 0 Å². The number of rotatable bonds is 5. The number of phenols is 2. The van der Waals surface area contributed by atoms with E-state index in [0.717, 1.165) is 11.1 Å². The van der Waals surface area contributed by atoms with Crippen LogP contribution in [0.2, 0.25) is 0 Å². The first kappa shape index (κ1) is 17.5. The van der Waals surface area contributed by atoms with Gasteiger partial charge in [0.2, 0.25) is 0 Å². The molecule has 2 N–H and O–H groups in total. The maximum Gasteiger partial charge on any atom is 0.170 e. The Hall–Kier alpha value is -3.34. The molecule has 0 aliphatic heterocycles. The van der Waals surface area contributed by atoms with Crippen molar-refractivity contribution in [1.82, 2.24) is 0 Å². The summed E-state index contributed by atoms with van der Waals surface area (Å²) in [6.45, 7) is 0. The van der Waals surface area contributed by atoms with Crippen LogP contribution in [0.25, 0.3) is 22.3 Å². The Balaban J connectivity index is 2.27. The minimum atomic E-state index is -0.0431. The summed E-state index contributed by atoms with van der Waals surface area (Å²) in [7, 11) is 4.52. The van der Waals surface area contributed by atoms with E-state index in [4.69, 9.17) is 14.2 Å². The van der Waals surface area contributed by atoms with Crippen molar-refractivity contribution >= 4 is 0 Å². The zero-order chi connectivity index (χ0) is 18.7. The molecule has 0 bridgehead atoms. The van der Waals surface area contributed by atoms with Gasteiger partial charge in [-0.15, -0.1) is 0 Å². The quantitative estimate of drug-likeness (QED) is 0.710. The lowest BCUT2D eigenvalue weighted by Crippen LogP contribution is -1.96. The van der Waals surface area contributed by atoms with Gasteiger partial charge in [0, 0.05) is 5.56 Å². The molecule has 3 aromatic rings. The van der Waals surface area contributed by atoms with Crippen LogP contribution in [0, 0.1) is 0 Å². The number of hydrogen-bond acceptors (Lipinski definition) is 5. The van der Waals surface area contributed by atoms with Gasteiger partial charge in [-0.3, -0.25) is 0 Å². The molecule has 0 radical (unpaired) electrons. The van der Waals surface area contributed by atoms with Crippen molar-refractivity contribution in [3.8, 4) is 51.0 Å². The first-order valence-corrected chi connectivity index (χ1v) is 8.01. The highest BCUT2D eigenvalue weighted by Crippen LogP contribution is 2.50. The lowest BCUT2D eigenvalue weighted by molar-refractivity contribution is 0.368. The Kier molecular flexibility index (Phi) is 4.89. The van der Waals surface area contributed by atoms with Gasteiger partial charge in [-0.05, 0) is 29.3 Å². The molecule has 0 heterocycles. The summed E-state index contributed by atoms with van der Waals surface area (Å²) in [5, 5.41) is 20.7. The lowest BCUT2D eigenvalue weighted by atomic mass is 9.96. The molecule has 3 rings (SSSR count). The molecule has 0 saturated carbocycles. The van der Waals surface area contributed by atoms with Crippen molar-refractivity contribution < 1.29 is 24.4 Å². The first-order valence-electron chi connectivity index (χ1n) is 8.01. The smallest absolute Gasteiger partial charge is 0.170 e. The van der Waals surface area contributed by atoms with Gasteiger partial charge in [0.15, 0.2) is 23.0 Å². The predicted molar refractivity (Wildman–Crippen MR) is 100 cm³/mol. The Labute approximate surface area is 152 Å². The van der Waals surface area contributed by atoms with Crippen molar-refractivity contribution in [3.63, 3.8) is 0 Å². The predicted octanol–water partition coefficient (Wildman–Crippen LogP) is 4.46. The third-order valence-corrected chi connectivity index (χ3v) is 4.20. The van der Waals surface area contributed by atoms with E-state index in [0.29, 0.717) is 28.4 Å². The standard InChI is InChI=1S/C21H20O5/c1-24-17-11-14(9-10-16(17)22)19-18(25-2)12-15(21(26-3)20(19)23)13-7-5-4-6-8-13/h4-12,22-23H,1-3H3. The molecule has 0 unspecified atom stereocenters. The van der Waals surface area contributed by atoms with E-state index in [-0.39, 0.29) is 11.5 Å². The van der Waals surface area contributed by atoms with Crippen LogP contribution in [0.5, 0.6) is 28.7 Å². The highest BCUT2D eigenvalue weighted by molar-refractivity contribution is 5.88. The topological polar surface area (TPSA) is 68.2 Å². The average molecular weight is 352 g/mol. The largest absolute Gasteiger partial charge is 0.504 e. The Morgan fingerprint density at radius 1 is 0.692 bits per heavy atom. The fourth-order valence-corrected chi connectivity index (χ4v) is 2.94. The Morgan fingerprint density at radius 3 is 2.00 bits per heavy atom. The number of phenolic OH excluding ortho intramolecular Hbond substituents is 2. The molecule has 0 aromatic heterocycles. The molecule has 26 heavy (non-hydrogen) atoms. The Bertz CT molecular complexity index is 919. The van der Waals surface area contributed by atoms with Crippen molar-refractivity contribution in [3.05, 3.63) is 54.6 Å². The van der Waals surface area contributed by atoms with E-state index < -0.39 is 0 Å². The summed E-state index contributed by atoms with van der Waals surface area (Å²) < 4.78 is 16.2. The van der Waals surface area contributed by atoms with Gasteiger partial charge in [-0.2, -0.15) is 0 Å². The first-order chi connectivity index (χ1) is 12.6. The maximum atomic E-state index is 10.9. The van der Waals surface area contributed by atoms with Crippen LogP contribution in [-0.2, 0) is 0 Å². The third-order valence-electron chi connectivity index (χ3n) is 4.20. The fraction of sp³-hybridized carbons (Fsp3) is 0.143. The third kappa shape index (κ3) is 2.99. The van der Waals surface area contributed by atoms with E-state index in [9.17, 15) is 10.2 Å². The summed E-state index contributed by atoms with van der Waals surface area (Å²) in [5.74, 6) is 1.10. The highest BCUT2D eigenvalue weighted by Gasteiger charge is 2.22. The van der Waals surface area contributed by atoms with Crippen LogP contribution < -0.4 is 14.2 Å². The van der Waals surface area contributed by atoms with Crippen LogP contribution >= 0.6 is 0 Å². The zero-order valence-electron chi connectivity index (χ0n) is 14.8. The van der Waals surface area contributed by atoms with Gasteiger partial charge < -0.3 is 24.4 Å².